The van der Waals surface area contributed by atoms with Crippen LogP contribution < -0.4 is 5.32 Å². The summed E-state index contributed by atoms with van der Waals surface area (Å²) in [5.41, 5.74) is 4.41. The molecule has 162 valence electrons. The van der Waals surface area contributed by atoms with Crippen molar-refractivity contribution in [2.24, 2.45) is 4.99 Å². The summed E-state index contributed by atoms with van der Waals surface area (Å²) in [6.45, 7) is 5.80. The number of aromatic nitrogens is 3. The highest BCUT2D eigenvalue weighted by Gasteiger charge is 2.25. The van der Waals surface area contributed by atoms with Crippen LogP contribution in [0.25, 0.3) is 5.82 Å². The lowest BCUT2D eigenvalue weighted by Crippen LogP contribution is -2.49. The third kappa shape index (κ3) is 4.61. The van der Waals surface area contributed by atoms with E-state index in [4.69, 9.17) is 11.6 Å². The summed E-state index contributed by atoms with van der Waals surface area (Å²) in [7, 11) is 1.71. The molecule has 1 aliphatic heterocycles. The Hall–Kier alpha value is -2.81. The number of aliphatic hydroxyl groups is 1. The molecule has 2 aromatic rings. The van der Waals surface area contributed by atoms with E-state index in [-0.39, 0.29) is 17.9 Å². The van der Waals surface area contributed by atoms with Crippen molar-refractivity contribution in [1.29, 1.82) is 0 Å². The zero-order chi connectivity index (χ0) is 22.1. The molecule has 9 heteroatoms. The molecule has 0 atom stereocenters. The quantitative estimate of drug-likeness (QED) is 0.742. The van der Waals surface area contributed by atoms with E-state index >= 15 is 0 Å². The maximum atomic E-state index is 14.5. The van der Waals surface area contributed by atoms with Crippen LogP contribution in [0, 0.1) is 12.7 Å². The standard InChI is InChI=1S/C22H24ClFN6O/c1-13-8-30(10-15(13)9-29-11-17(31)12-29)21-19(24)7-26-22(28-21)27-16-4-5-20(25-3)18(6-16)14(2)23/h4-8,10,17,31H,9,11-12H2,1-3H3,(H,26,27,28)/b18-14+,25-20?. The van der Waals surface area contributed by atoms with Gasteiger partial charge in [0.25, 0.3) is 0 Å². The summed E-state index contributed by atoms with van der Waals surface area (Å²) in [5, 5.41) is 13.2. The Morgan fingerprint density at radius 3 is 2.81 bits per heavy atom. The van der Waals surface area contributed by atoms with Crippen LogP contribution in [0.3, 0.4) is 0 Å². The molecule has 0 saturated carbocycles. The van der Waals surface area contributed by atoms with Crippen molar-refractivity contribution in [3.63, 3.8) is 0 Å². The van der Waals surface area contributed by atoms with Crippen LogP contribution in [-0.4, -0.2) is 56.5 Å². The van der Waals surface area contributed by atoms with Gasteiger partial charge >= 0.3 is 0 Å². The molecule has 2 aliphatic rings. The first-order chi connectivity index (χ1) is 14.8. The maximum Gasteiger partial charge on any atom is 0.229 e. The van der Waals surface area contributed by atoms with Crippen molar-refractivity contribution in [1.82, 2.24) is 19.4 Å². The highest BCUT2D eigenvalue weighted by molar-refractivity contribution is 6.33. The lowest BCUT2D eigenvalue weighted by molar-refractivity contribution is -0.00295. The largest absolute Gasteiger partial charge is 0.390 e. The number of β-amino-alcohol motifs (C(OH)–C–C–N with tert-alkyl or cyclic N) is 1. The van der Waals surface area contributed by atoms with Crippen LogP contribution in [0.2, 0.25) is 0 Å². The zero-order valence-corrected chi connectivity index (χ0v) is 18.4. The SMILES string of the molecule is CN=C1C=CC(Nc2ncc(F)c(-n3cc(C)c(CN4CC(O)C4)c3)n2)=C/C1=C(/C)Cl. The second-order valence-electron chi connectivity index (χ2n) is 7.70. The molecule has 1 fully saturated rings. The first kappa shape index (κ1) is 21.4. The topological polar surface area (TPSA) is 78.6 Å². The van der Waals surface area contributed by atoms with E-state index in [2.05, 4.69) is 25.2 Å². The van der Waals surface area contributed by atoms with Crippen molar-refractivity contribution in [3.8, 4) is 5.82 Å². The minimum absolute atomic E-state index is 0.163. The molecule has 4 rings (SSSR count). The van der Waals surface area contributed by atoms with Crippen molar-refractivity contribution in [2.45, 2.75) is 26.5 Å². The fraction of sp³-hybridized carbons (Fsp3) is 0.318. The molecule has 0 spiro atoms. The lowest BCUT2D eigenvalue weighted by atomic mass is 10.0. The van der Waals surface area contributed by atoms with Gasteiger partial charge in [-0.05, 0) is 43.2 Å². The molecular weight excluding hydrogens is 419 g/mol. The van der Waals surface area contributed by atoms with Crippen molar-refractivity contribution < 1.29 is 9.50 Å². The average Bonchev–Trinajstić information content (AvgIpc) is 3.08. The molecular formula is C22H24ClFN6O. The van der Waals surface area contributed by atoms with E-state index in [1.807, 2.05) is 37.5 Å². The Bertz CT molecular complexity index is 1120. The van der Waals surface area contributed by atoms with Gasteiger partial charge in [0.2, 0.25) is 5.95 Å². The summed E-state index contributed by atoms with van der Waals surface area (Å²) < 4.78 is 16.2. The van der Waals surface area contributed by atoms with Gasteiger partial charge in [0.15, 0.2) is 11.6 Å². The predicted molar refractivity (Wildman–Crippen MR) is 120 cm³/mol. The first-order valence-electron chi connectivity index (χ1n) is 9.95. The molecule has 0 aromatic carbocycles. The minimum Gasteiger partial charge on any atom is -0.390 e. The van der Waals surface area contributed by atoms with E-state index in [1.165, 1.54) is 0 Å². The van der Waals surface area contributed by atoms with Gasteiger partial charge in [-0.1, -0.05) is 11.6 Å². The fourth-order valence-corrected chi connectivity index (χ4v) is 3.76. The van der Waals surface area contributed by atoms with E-state index in [0.717, 1.165) is 34.3 Å². The number of aliphatic imine (C=N–C) groups is 1. The zero-order valence-electron chi connectivity index (χ0n) is 17.6. The van der Waals surface area contributed by atoms with Crippen LogP contribution in [0.5, 0.6) is 0 Å². The number of aliphatic hydroxyl groups excluding tert-OH is 1. The van der Waals surface area contributed by atoms with Crippen molar-refractivity contribution >= 4 is 23.3 Å². The Morgan fingerprint density at radius 2 is 2.13 bits per heavy atom. The van der Waals surface area contributed by atoms with Crippen LogP contribution in [0.4, 0.5) is 10.3 Å². The van der Waals surface area contributed by atoms with E-state index in [0.29, 0.717) is 24.7 Å². The summed E-state index contributed by atoms with van der Waals surface area (Å²) >= 11 is 6.19. The molecule has 0 unspecified atom stereocenters. The monoisotopic (exact) mass is 442 g/mol. The number of likely N-dealkylation sites (tertiary alicyclic amines) is 1. The number of anilines is 1. The highest BCUT2D eigenvalue weighted by Crippen LogP contribution is 2.23. The lowest BCUT2D eigenvalue weighted by Gasteiger charge is -2.35. The van der Waals surface area contributed by atoms with Gasteiger partial charge in [-0.25, -0.2) is 9.37 Å². The summed E-state index contributed by atoms with van der Waals surface area (Å²) in [5.74, 6) is -0.0808. The molecule has 1 aliphatic carbocycles. The highest BCUT2D eigenvalue weighted by atomic mass is 35.5. The predicted octanol–water partition coefficient (Wildman–Crippen LogP) is 3.34. The normalized spacial score (nSPS) is 20.1. The van der Waals surface area contributed by atoms with Gasteiger partial charge in [0, 0.05) is 55.4 Å². The smallest absolute Gasteiger partial charge is 0.229 e. The van der Waals surface area contributed by atoms with Gasteiger partial charge < -0.3 is 15.0 Å². The Labute approximate surface area is 185 Å². The van der Waals surface area contributed by atoms with Crippen LogP contribution in [0.15, 0.2) is 58.1 Å². The van der Waals surface area contributed by atoms with Gasteiger partial charge in [0.05, 0.1) is 18.0 Å². The van der Waals surface area contributed by atoms with Crippen molar-refractivity contribution in [2.75, 3.05) is 25.5 Å². The van der Waals surface area contributed by atoms with E-state index < -0.39 is 5.82 Å². The molecule has 1 saturated heterocycles. The molecule has 3 heterocycles. The number of nitrogens with zero attached hydrogens (tertiary/aromatic N) is 5. The molecule has 31 heavy (non-hydrogen) atoms. The summed E-state index contributed by atoms with van der Waals surface area (Å²) in [6.07, 6.45) is 10.2. The van der Waals surface area contributed by atoms with Gasteiger partial charge in [0.1, 0.15) is 0 Å². The number of hydrogen-bond acceptors (Lipinski definition) is 6. The Kier molecular flexibility index (Phi) is 6.04. The van der Waals surface area contributed by atoms with Crippen LogP contribution in [-0.2, 0) is 6.54 Å². The number of aryl methyl sites for hydroxylation is 1. The van der Waals surface area contributed by atoms with Gasteiger partial charge in [-0.3, -0.25) is 9.89 Å². The Morgan fingerprint density at radius 1 is 1.35 bits per heavy atom. The van der Waals surface area contributed by atoms with Gasteiger partial charge in [-0.15, -0.1) is 0 Å². The van der Waals surface area contributed by atoms with E-state index in [1.54, 1.807) is 18.5 Å². The molecule has 7 nitrogen and oxygen atoms in total. The molecule has 2 N–H and O–H groups in total. The second-order valence-corrected chi connectivity index (χ2v) is 8.27. The number of allylic oxidation sites excluding steroid dienone is 5. The maximum absolute atomic E-state index is 14.5. The molecule has 2 aromatic heterocycles. The van der Waals surface area contributed by atoms with Crippen molar-refractivity contribution in [3.05, 3.63) is 70.1 Å². The molecule has 0 bridgehead atoms. The van der Waals surface area contributed by atoms with Gasteiger partial charge in [-0.2, -0.15) is 4.98 Å². The van der Waals surface area contributed by atoms with Crippen LogP contribution in [0.1, 0.15) is 18.1 Å². The minimum atomic E-state index is -0.516. The number of halogens is 2. The average molecular weight is 443 g/mol. The number of nitrogens with one attached hydrogen (secondary N) is 1. The number of hydrogen-bond donors (Lipinski definition) is 2. The first-order valence-corrected chi connectivity index (χ1v) is 10.3. The summed E-state index contributed by atoms with van der Waals surface area (Å²) in [6, 6.07) is 0. The fourth-order valence-electron chi connectivity index (χ4n) is 3.61. The molecule has 0 radical (unpaired) electrons. The van der Waals surface area contributed by atoms with Crippen LogP contribution >= 0.6 is 11.6 Å². The third-order valence-electron chi connectivity index (χ3n) is 5.30. The van der Waals surface area contributed by atoms with E-state index in [9.17, 15) is 9.50 Å². The summed E-state index contributed by atoms with van der Waals surface area (Å²) in [4.78, 5) is 14.8. The molecule has 0 amide bonds. The second kappa shape index (κ2) is 8.74. The third-order valence-corrected chi connectivity index (χ3v) is 5.50. The number of rotatable bonds is 5. The Balaban J connectivity index is 1.57.